The zero-order valence-electron chi connectivity index (χ0n) is 13.8. The maximum atomic E-state index is 12.7. The van der Waals surface area contributed by atoms with E-state index in [2.05, 4.69) is 5.32 Å². The Labute approximate surface area is 150 Å². The van der Waals surface area contributed by atoms with Crippen LogP contribution in [-0.2, 0) is 22.4 Å². The van der Waals surface area contributed by atoms with Crippen LogP contribution >= 0.6 is 11.3 Å². The molecular formula is C18H19N3O3S. The van der Waals surface area contributed by atoms with Crippen LogP contribution in [0.4, 0.5) is 0 Å². The van der Waals surface area contributed by atoms with Crippen LogP contribution in [0, 0.1) is 11.3 Å². The molecule has 1 aliphatic rings. The van der Waals surface area contributed by atoms with Crippen LogP contribution in [0.1, 0.15) is 40.1 Å². The molecule has 0 spiro atoms. The van der Waals surface area contributed by atoms with Crippen molar-refractivity contribution in [1.29, 1.82) is 5.26 Å². The lowest BCUT2D eigenvalue weighted by atomic mass is 9.95. The fourth-order valence-corrected chi connectivity index (χ4v) is 4.27. The summed E-state index contributed by atoms with van der Waals surface area (Å²) >= 11 is 1.62. The van der Waals surface area contributed by atoms with Gasteiger partial charge in [-0.15, -0.1) is 11.3 Å². The Bertz CT molecular complexity index is 802. The molecule has 1 amide bonds. The zero-order valence-corrected chi connectivity index (χ0v) is 14.6. The van der Waals surface area contributed by atoms with E-state index in [1.165, 1.54) is 4.88 Å². The average Bonchev–Trinajstić information content (AvgIpc) is 3.27. The molecule has 0 unspecified atom stereocenters. The first-order valence-corrected chi connectivity index (χ1v) is 9.11. The number of aryl methyl sites for hydroxylation is 1. The van der Waals surface area contributed by atoms with Crippen molar-refractivity contribution in [2.75, 3.05) is 13.2 Å². The molecule has 7 heteroatoms. The van der Waals surface area contributed by atoms with Crippen molar-refractivity contribution in [2.45, 2.75) is 32.1 Å². The van der Waals surface area contributed by atoms with Crippen molar-refractivity contribution in [1.82, 2.24) is 9.88 Å². The first kappa shape index (κ1) is 17.2. The Balaban J connectivity index is 1.76. The number of thiophene rings is 1. The van der Waals surface area contributed by atoms with E-state index in [1.54, 1.807) is 11.3 Å². The van der Waals surface area contributed by atoms with Gasteiger partial charge in [0.2, 0.25) is 0 Å². The minimum absolute atomic E-state index is 0.232. The number of amides is 1. The van der Waals surface area contributed by atoms with E-state index in [0.29, 0.717) is 5.56 Å². The number of esters is 1. The van der Waals surface area contributed by atoms with Gasteiger partial charge in [-0.2, -0.15) is 5.26 Å². The van der Waals surface area contributed by atoms with Gasteiger partial charge in [-0.25, -0.2) is 4.79 Å². The molecule has 0 bridgehead atoms. The fourth-order valence-electron chi connectivity index (χ4n) is 2.93. The molecule has 2 heterocycles. The lowest BCUT2D eigenvalue weighted by molar-refractivity contribution is -0.124. The summed E-state index contributed by atoms with van der Waals surface area (Å²) in [6.07, 6.45) is 8.08. The summed E-state index contributed by atoms with van der Waals surface area (Å²) in [7, 11) is 0. The van der Waals surface area contributed by atoms with Gasteiger partial charge in [-0.3, -0.25) is 4.79 Å². The second-order valence-electron chi connectivity index (χ2n) is 5.82. The highest BCUT2D eigenvalue weighted by Crippen LogP contribution is 2.37. The molecule has 2 aromatic heterocycles. The minimum Gasteiger partial charge on any atom is -0.452 e. The number of nitrogens with zero attached hydrogens (tertiary/aromatic N) is 2. The predicted octanol–water partition coefficient (Wildman–Crippen LogP) is 2.60. The number of nitrogens with one attached hydrogen (secondary N) is 1. The third-order valence-corrected chi connectivity index (χ3v) is 5.39. The molecule has 25 heavy (non-hydrogen) atoms. The lowest BCUT2D eigenvalue weighted by Gasteiger charge is -2.12. The molecule has 0 saturated carbocycles. The third-order valence-electron chi connectivity index (χ3n) is 4.09. The highest BCUT2D eigenvalue weighted by molar-refractivity contribution is 7.15. The van der Waals surface area contributed by atoms with E-state index in [-0.39, 0.29) is 19.6 Å². The summed E-state index contributed by atoms with van der Waals surface area (Å²) in [4.78, 5) is 25.6. The summed E-state index contributed by atoms with van der Waals surface area (Å²) < 4.78 is 7.17. The number of hydrogen-bond acceptors (Lipinski definition) is 5. The van der Waals surface area contributed by atoms with Gasteiger partial charge in [-0.1, -0.05) is 0 Å². The number of nitriles is 1. The molecule has 0 aromatic carbocycles. The topological polar surface area (TPSA) is 84.1 Å². The standard InChI is InChI=1S/C18H19N3O3S/c19-8-5-9-20-15(22)12-24-18(23)16-13-6-1-2-7-14(13)25-17(16)21-10-3-4-11-21/h3-4,10-11H,1-2,5-7,9,12H2,(H,20,22). The molecule has 0 fully saturated rings. The molecular weight excluding hydrogens is 338 g/mol. The lowest BCUT2D eigenvalue weighted by Crippen LogP contribution is -2.29. The van der Waals surface area contributed by atoms with Crippen LogP contribution in [-0.4, -0.2) is 29.6 Å². The van der Waals surface area contributed by atoms with E-state index in [9.17, 15) is 9.59 Å². The predicted molar refractivity (Wildman–Crippen MR) is 93.8 cm³/mol. The number of fused-ring (bicyclic) bond motifs is 1. The second-order valence-corrected chi connectivity index (χ2v) is 6.90. The molecule has 0 aliphatic heterocycles. The van der Waals surface area contributed by atoms with Gasteiger partial charge < -0.3 is 14.6 Å². The molecule has 130 valence electrons. The van der Waals surface area contributed by atoms with Gasteiger partial charge in [0.1, 0.15) is 5.00 Å². The Kier molecular flexibility index (Phi) is 5.51. The SMILES string of the molecule is N#CCCNC(=O)COC(=O)c1c(-n2cccc2)sc2c1CCCC2. The van der Waals surface area contributed by atoms with Gasteiger partial charge in [0, 0.05) is 23.8 Å². The molecule has 1 N–H and O–H groups in total. The Morgan fingerprint density at radius 3 is 2.80 bits per heavy atom. The summed E-state index contributed by atoms with van der Waals surface area (Å²) in [5.74, 6) is -0.853. The minimum atomic E-state index is -0.460. The van der Waals surface area contributed by atoms with Crippen LogP contribution < -0.4 is 5.32 Å². The average molecular weight is 357 g/mol. The first-order chi connectivity index (χ1) is 12.2. The smallest absolute Gasteiger partial charge is 0.341 e. The van der Waals surface area contributed by atoms with Crippen LogP contribution in [0.2, 0.25) is 0 Å². The molecule has 0 atom stereocenters. The third kappa shape index (κ3) is 3.91. The molecule has 0 radical (unpaired) electrons. The van der Waals surface area contributed by atoms with E-state index in [0.717, 1.165) is 36.2 Å². The number of carbonyl (C=O) groups is 2. The molecule has 6 nitrogen and oxygen atoms in total. The fraction of sp³-hybridized carbons (Fsp3) is 0.389. The van der Waals surface area contributed by atoms with E-state index in [4.69, 9.17) is 10.00 Å². The molecule has 3 rings (SSSR count). The Morgan fingerprint density at radius 1 is 1.28 bits per heavy atom. The Morgan fingerprint density at radius 2 is 2.04 bits per heavy atom. The van der Waals surface area contributed by atoms with Crippen molar-refractivity contribution in [2.24, 2.45) is 0 Å². The van der Waals surface area contributed by atoms with Crippen molar-refractivity contribution < 1.29 is 14.3 Å². The Hall–Kier alpha value is -2.59. The molecule has 2 aromatic rings. The number of hydrogen-bond donors (Lipinski definition) is 1. The van der Waals surface area contributed by atoms with Crippen molar-refractivity contribution >= 4 is 23.2 Å². The second kappa shape index (κ2) is 7.99. The van der Waals surface area contributed by atoms with E-state index < -0.39 is 11.9 Å². The van der Waals surface area contributed by atoms with Gasteiger partial charge in [0.15, 0.2) is 6.61 Å². The largest absolute Gasteiger partial charge is 0.452 e. The first-order valence-electron chi connectivity index (χ1n) is 8.29. The van der Waals surface area contributed by atoms with Crippen LogP contribution in [0.15, 0.2) is 24.5 Å². The molecule has 1 aliphatic carbocycles. The van der Waals surface area contributed by atoms with Crippen LogP contribution in [0.5, 0.6) is 0 Å². The number of carbonyl (C=O) groups excluding carboxylic acids is 2. The quantitative estimate of drug-likeness (QED) is 0.636. The maximum Gasteiger partial charge on any atom is 0.341 e. The van der Waals surface area contributed by atoms with Crippen molar-refractivity contribution in [3.63, 3.8) is 0 Å². The van der Waals surface area contributed by atoms with Gasteiger partial charge in [0.05, 0.1) is 18.1 Å². The van der Waals surface area contributed by atoms with Crippen molar-refractivity contribution in [3.05, 3.63) is 40.5 Å². The summed E-state index contributed by atoms with van der Waals surface area (Å²) in [6.45, 7) is -0.0741. The number of aromatic nitrogens is 1. The van der Waals surface area contributed by atoms with Gasteiger partial charge >= 0.3 is 5.97 Å². The number of rotatable bonds is 6. The van der Waals surface area contributed by atoms with E-state index >= 15 is 0 Å². The van der Waals surface area contributed by atoms with Crippen LogP contribution in [0.3, 0.4) is 0 Å². The molecule has 0 saturated heterocycles. The summed E-state index contributed by atoms with van der Waals surface area (Å²) in [5.41, 5.74) is 1.65. The summed E-state index contributed by atoms with van der Waals surface area (Å²) in [6, 6.07) is 5.77. The monoisotopic (exact) mass is 357 g/mol. The summed E-state index contributed by atoms with van der Waals surface area (Å²) in [5, 5.41) is 11.9. The zero-order chi connectivity index (χ0) is 17.6. The normalized spacial score (nSPS) is 12.9. The number of ether oxygens (including phenoxy) is 1. The van der Waals surface area contributed by atoms with Gasteiger partial charge in [-0.05, 0) is 43.4 Å². The highest BCUT2D eigenvalue weighted by atomic mass is 32.1. The van der Waals surface area contributed by atoms with Crippen molar-refractivity contribution in [3.8, 4) is 11.1 Å². The van der Waals surface area contributed by atoms with E-state index in [1.807, 2.05) is 35.2 Å². The maximum absolute atomic E-state index is 12.7. The van der Waals surface area contributed by atoms with Crippen LogP contribution in [0.25, 0.3) is 5.00 Å². The highest BCUT2D eigenvalue weighted by Gasteiger charge is 2.27. The van der Waals surface area contributed by atoms with Gasteiger partial charge in [0.25, 0.3) is 5.91 Å².